The van der Waals surface area contributed by atoms with Crippen LogP contribution in [0.3, 0.4) is 0 Å². The molecule has 1 saturated heterocycles. The predicted octanol–water partition coefficient (Wildman–Crippen LogP) is 4.79. The Morgan fingerprint density at radius 2 is 1.77 bits per heavy atom. The van der Waals surface area contributed by atoms with E-state index in [4.69, 9.17) is 15.6 Å². The van der Waals surface area contributed by atoms with Crippen LogP contribution < -0.4 is 11.1 Å². The number of nitrogens with one attached hydrogen (secondary N) is 2. The first-order valence-corrected chi connectivity index (χ1v) is 13.6. The summed E-state index contributed by atoms with van der Waals surface area (Å²) in [5.41, 5.74) is 9.34. The number of halogens is 2. The summed E-state index contributed by atoms with van der Waals surface area (Å²) in [5, 5.41) is 16.6. The molecule has 40 heavy (non-hydrogen) atoms. The number of aromatic amines is 1. The van der Waals surface area contributed by atoms with Gasteiger partial charge in [-0.15, -0.1) is 0 Å². The number of ether oxygens (including phenoxy) is 1. The van der Waals surface area contributed by atoms with Gasteiger partial charge >= 0.3 is 0 Å². The highest BCUT2D eigenvalue weighted by molar-refractivity contribution is 6.01. The summed E-state index contributed by atoms with van der Waals surface area (Å²) in [7, 11) is 0. The summed E-state index contributed by atoms with van der Waals surface area (Å²) in [6.45, 7) is 3.61. The molecule has 5 aromatic rings. The molecule has 1 aliphatic heterocycles. The maximum Gasteiger partial charge on any atom is 0.164 e. The number of nitrogens with zero attached hydrogens (tertiary/aromatic N) is 6. The summed E-state index contributed by atoms with van der Waals surface area (Å²) < 4.78 is 35.4. The molecule has 2 fully saturated rings. The van der Waals surface area contributed by atoms with Crippen LogP contribution in [0.5, 0.6) is 0 Å². The molecular weight excluding hydrogens is 516 g/mol. The molecule has 4 heterocycles. The van der Waals surface area contributed by atoms with Crippen molar-refractivity contribution in [2.24, 2.45) is 0 Å². The first kappa shape index (κ1) is 24.9. The van der Waals surface area contributed by atoms with Gasteiger partial charge in [0.25, 0.3) is 0 Å². The van der Waals surface area contributed by atoms with E-state index in [0.29, 0.717) is 28.9 Å². The molecule has 0 bridgehead atoms. The van der Waals surface area contributed by atoms with E-state index in [2.05, 4.69) is 30.4 Å². The quantitative estimate of drug-likeness (QED) is 0.288. The topological polar surface area (TPSA) is 123 Å². The molecule has 2 aromatic carbocycles. The number of H-pyrrole nitrogens is 1. The number of hydrogen-bond acceptors (Lipinski definition) is 8. The fraction of sp³-hybridized carbons (Fsp3) is 0.357. The van der Waals surface area contributed by atoms with Gasteiger partial charge in [0.1, 0.15) is 29.5 Å². The lowest BCUT2D eigenvalue weighted by atomic mass is 9.90. The molecule has 206 valence electrons. The van der Waals surface area contributed by atoms with E-state index in [-0.39, 0.29) is 11.7 Å². The Kier molecular flexibility index (Phi) is 6.28. The van der Waals surface area contributed by atoms with Gasteiger partial charge in [-0.2, -0.15) is 10.2 Å². The summed E-state index contributed by atoms with van der Waals surface area (Å²) in [5.74, 6) is -0.341. The molecule has 0 radical (unpaired) electrons. The highest BCUT2D eigenvalue weighted by Gasteiger charge is 2.30. The summed E-state index contributed by atoms with van der Waals surface area (Å²) >= 11 is 0. The number of rotatable bonds is 5. The minimum absolute atomic E-state index is 0.00970. The maximum absolute atomic E-state index is 14.2. The maximum atomic E-state index is 14.2. The van der Waals surface area contributed by atoms with E-state index in [9.17, 15) is 8.78 Å². The highest BCUT2D eigenvalue weighted by Crippen LogP contribution is 2.38. The Morgan fingerprint density at radius 1 is 0.975 bits per heavy atom. The van der Waals surface area contributed by atoms with Crippen LogP contribution in [0.4, 0.5) is 26.1 Å². The van der Waals surface area contributed by atoms with Crippen molar-refractivity contribution in [1.29, 1.82) is 0 Å². The largest absolute Gasteiger partial charge is 0.383 e. The number of hydrogen-bond donors (Lipinski definition) is 3. The predicted molar refractivity (Wildman–Crippen MR) is 148 cm³/mol. The second-order valence-corrected chi connectivity index (χ2v) is 10.4. The van der Waals surface area contributed by atoms with Gasteiger partial charge in [0.05, 0.1) is 35.8 Å². The Hall–Kier alpha value is -4.16. The van der Waals surface area contributed by atoms with Gasteiger partial charge in [-0.3, -0.25) is 10.00 Å². The third-order valence-electron chi connectivity index (χ3n) is 8.11. The summed E-state index contributed by atoms with van der Waals surface area (Å²) in [6, 6.07) is 9.75. The van der Waals surface area contributed by atoms with Gasteiger partial charge in [0, 0.05) is 36.1 Å². The molecule has 12 heteroatoms. The van der Waals surface area contributed by atoms with Crippen molar-refractivity contribution < 1.29 is 13.5 Å². The Bertz CT molecular complexity index is 1690. The standard InChI is InChI=1S/C28H29F2N9O/c29-17-2-8-21(30)23(14-17)34-27-20-7-1-16(13-22(20)35-36-27)25-24-26(31)32-15-33-28(24)39(37-25)19-5-3-18(4-6-19)38-9-11-40-12-10-38/h1-2,7-8,13-15,18-19H,3-6,9-12H2,(H2,31,32,33)(H2,34,35,36)/t18-,19-. The average Bonchev–Trinajstić information content (AvgIpc) is 3.58. The lowest BCUT2D eigenvalue weighted by Gasteiger charge is -2.38. The number of anilines is 3. The van der Waals surface area contributed by atoms with Crippen LogP contribution >= 0.6 is 0 Å². The van der Waals surface area contributed by atoms with Gasteiger partial charge in [-0.25, -0.2) is 23.4 Å². The van der Waals surface area contributed by atoms with E-state index >= 15 is 0 Å². The van der Waals surface area contributed by atoms with E-state index in [1.165, 1.54) is 6.33 Å². The molecule has 7 rings (SSSR count). The van der Waals surface area contributed by atoms with Crippen LogP contribution in [-0.2, 0) is 4.74 Å². The van der Waals surface area contributed by atoms with Crippen LogP contribution in [-0.4, -0.2) is 67.2 Å². The minimum atomic E-state index is -0.569. The molecule has 3 aromatic heterocycles. The van der Waals surface area contributed by atoms with Gasteiger partial charge < -0.3 is 15.8 Å². The molecule has 0 amide bonds. The first-order valence-electron chi connectivity index (χ1n) is 13.6. The average molecular weight is 546 g/mol. The zero-order chi connectivity index (χ0) is 27.2. The van der Waals surface area contributed by atoms with E-state index in [1.807, 2.05) is 22.9 Å². The number of nitrogens with two attached hydrogens (primary N) is 1. The lowest BCUT2D eigenvalue weighted by molar-refractivity contribution is 0.00520. The molecule has 1 aliphatic carbocycles. The normalized spacial score (nSPS) is 20.4. The summed E-state index contributed by atoms with van der Waals surface area (Å²) in [6.07, 6.45) is 5.70. The molecule has 0 unspecified atom stereocenters. The van der Waals surface area contributed by atoms with Crippen molar-refractivity contribution in [2.45, 2.75) is 37.8 Å². The third-order valence-corrected chi connectivity index (χ3v) is 8.11. The van der Waals surface area contributed by atoms with Crippen molar-refractivity contribution in [3.8, 4) is 11.3 Å². The second-order valence-electron chi connectivity index (χ2n) is 10.4. The van der Waals surface area contributed by atoms with Crippen LogP contribution in [0.15, 0.2) is 42.7 Å². The van der Waals surface area contributed by atoms with Crippen LogP contribution in [0.25, 0.3) is 33.2 Å². The van der Waals surface area contributed by atoms with Crippen molar-refractivity contribution in [3.05, 3.63) is 54.4 Å². The second kappa shape index (κ2) is 10.1. The molecule has 10 nitrogen and oxygen atoms in total. The van der Waals surface area contributed by atoms with Crippen LogP contribution in [0, 0.1) is 11.6 Å². The lowest BCUT2D eigenvalue weighted by Crippen LogP contribution is -2.45. The number of nitrogen functional groups attached to an aromatic ring is 1. The monoisotopic (exact) mass is 545 g/mol. The Labute approximate surface area is 228 Å². The van der Waals surface area contributed by atoms with Crippen molar-refractivity contribution in [3.63, 3.8) is 0 Å². The number of morpholine rings is 1. The molecule has 2 aliphatic rings. The van der Waals surface area contributed by atoms with Crippen molar-refractivity contribution in [2.75, 3.05) is 37.4 Å². The van der Waals surface area contributed by atoms with E-state index < -0.39 is 11.6 Å². The van der Waals surface area contributed by atoms with E-state index in [1.54, 1.807) is 0 Å². The smallest absolute Gasteiger partial charge is 0.164 e. The first-order chi connectivity index (χ1) is 19.5. The highest BCUT2D eigenvalue weighted by atomic mass is 19.1. The SMILES string of the molecule is Nc1ncnc2c1c(-c1ccc3c(Nc4cc(F)ccc4F)n[nH]c3c1)nn2[C@H]1CC[C@H](N2CCOCC2)CC1. The van der Waals surface area contributed by atoms with Crippen LogP contribution in [0.1, 0.15) is 31.7 Å². The molecular formula is C28H29F2N9O. The fourth-order valence-corrected chi connectivity index (χ4v) is 6.05. The number of benzene rings is 2. The summed E-state index contributed by atoms with van der Waals surface area (Å²) in [4.78, 5) is 11.4. The van der Waals surface area contributed by atoms with Crippen molar-refractivity contribution in [1.82, 2.24) is 34.8 Å². The molecule has 0 spiro atoms. The van der Waals surface area contributed by atoms with Gasteiger partial charge in [-0.05, 0) is 49.9 Å². The Balaban J connectivity index is 1.20. The van der Waals surface area contributed by atoms with Gasteiger partial charge in [0.15, 0.2) is 11.5 Å². The van der Waals surface area contributed by atoms with E-state index in [0.717, 1.165) is 92.2 Å². The van der Waals surface area contributed by atoms with Gasteiger partial charge in [-0.1, -0.05) is 6.07 Å². The number of fused-ring (bicyclic) bond motifs is 2. The van der Waals surface area contributed by atoms with Crippen molar-refractivity contribution >= 4 is 39.3 Å². The fourth-order valence-electron chi connectivity index (χ4n) is 6.05. The zero-order valence-electron chi connectivity index (χ0n) is 21.8. The molecule has 0 atom stereocenters. The molecule has 4 N–H and O–H groups in total. The van der Waals surface area contributed by atoms with Gasteiger partial charge in [0.2, 0.25) is 0 Å². The number of aromatic nitrogens is 6. The van der Waals surface area contributed by atoms with Crippen LogP contribution in [0.2, 0.25) is 0 Å². The minimum Gasteiger partial charge on any atom is -0.383 e. The zero-order valence-corrected chi connectivity index (χ0v) is 21.8. The molecule has 1 saturated carbocycles. The third kappa shape index (κ3) is 4.42. The Morgan fingerprint density at radius 3 is 2.60 bits per heavy atom.